The lowest BCUT2D eigenvalue weighted by atomic mass is 10.0. The Morgan fingerprint density at radius 3 is 2.44 bits per heavy atom. The molecule has 1 aliphatic heterocycles. The number of aryl methyl sites for hydroxylation is 1. The number of thiophene rings is 1. The van der Waals surface area contributed by atoms with E-state index >= 15 is 0 Å². The maximum atomic E-state index is 13.2. The molecule has 0 radical (unpaired) electrons. The average Bonchev–Trinajstić information content (AvgIpc) is 3.25. The molecular weight excluding hydrogens is 451 g/mol. The minimum absolute atomic E-state index is 0.255. The van der Waals surface area contributed by atoms with E-state index in [1.807, 2.05) is 31.2 Å². The predicted octanol–water partition coefficient (Wildman–Crippen LogP) is 3.35. The zero-order chi connectivity index (χ0) is 22.8. The lowest BCUT2D eigenvalue weighted by Gasteiger charge is -2.39. The molecule has 5 nitrogen and oxygen atoms in total. The smallest absolute Gasteiger partial charge is 0.136 e. The van der Waals surface area contributed by atoms with E-state index in [9.17, 15) is 24.8 Å². The number of thioether (sulfide) groups is 1. The largest absolute Gasteiger partial charge is 0.394 e. The van der Waals surface area contributed by atoms with Crippen LogP contribution in [0.3, 0.4) is 0 Å². The first-order valence-corrected chi connectivity index (χ1v) is 12.0. The van der Waals surface area contributed by atoms with E-state index in [2.05, 4.69) is 6.07 Å². The molecule has 3 aromatic rings. The lowest BCUT2D eigenvalue weighted by Crippen LogP contribution is -2.57. The van der Waals surface area contributed by atoms with Gasteiger partial charge >= 0.3 is 0 Å². The van der Waals surface area contributed by atoms with Crippen LogP contribution in [0, 0.1) is 12.7 Å². The van der Waals surface area contributed by atoms with Crippen LogP contribution in [-0.4, -0.2) is 56.9 Å². The standard InChI is InChI=1S/C24H25FO5S2/c1-13-2-7-18(32-24-23(29)22(28)21(27)19(12-26)30-24)11-15(13)10-17-8-9-20(31-17)14-3-5-16(25)6-4-14/h2-9,11,19,21-24,26-29H,10,12H2,1H3/t19-,21-,22+,23-,24+/m1/s1. The number of hydrogen-bond donors (Lipinski definition) is 4. The van der Waals surface area contributed by atoms with E-state index in [1.165, 1.54) is 28.8 Å². The highest BCUT2D eigenvalue weighted by atomic mass is 32.2. The SMILES string of the molecule is Cc1ccc(S[C@@H]2O[C@H](CO)[C@@H](O)[C@H](O)[C@H]2O)cc1Cc1ccc(-c2ccc(F)cc2)s1. The van der Waals surface area contributed by atoms with Gasteiger partial charge in [0.1, 0.15) is 35.7 Å². The lowest BCUT2D eigenvalue weighted by molar-refractivity contribution is -0.205. The van der Waals surface area contributed by atoms with Gasteiger partial charge in [-0.3, -0.25) is 0 Å². The van der Waals surface area contributed by atoms with Crippen molar-refractivity contribution in [2.24, 2.45) is 0 Å². The molecule has 32 heavy (non-hydrogen) atoms. The van der Waals surface area contributed by atoms with Gasteiger partial charge in [-0.2, -0.15) is 0 Å². The fourth-order valence-electron chi connectivity index (χ4n) is 3.64. The van der Waals surface area contributed by atoms with E-state index in [0.717, 1.165) is 32.9 Å². The Morgan fingerprint density at radius 2 is 1.72 bits per heavy atom. The number of rotatable bonds is 6. The normalized spacial score (nSPS) is 25.8. The Morgan fingerprint density at radius 1 is 0.969 bits per heavy atom. The van der Waals surface area contributed by atoms with Gasteiger partial charge in [0, 0.05) is 21.1 Å². The Bertz CT molecular complexity index is 1050. The van der Waals surface area contributed by atoms with Crippen molar-refractivity contribution in [1.29, 1.82) is 0 Å². The second kappa shape index (κ2) is 10.0. The maximum Gasteiger partial charge on any atom is 0.136 e. The van der Waals surface area contributed by atoms with Gasteiger partial charge in [-0.05, 0) is 60.0 Å². The first-order valence-electron chi connectivity index (χ1n) is 10.3. The van der Waals surface area contributed by atoms with E-state index in [4.69, 9.17) is 4.74 Å². The molecule has 0 amide bonds. The van der Waals surface area contributed by atoms with Gasteiger partial charge in [0.25, 0.3) is 0 Å². The van der Waals surface area contributed by atoms with Crippen molar-refractivity contribution in [3.63, 3.8) is 0 Å². The molecule has 8 heteroatoms. The second-order valence-corrected chi connectivity index (χ2v) is 10.2. The summed E-state index contributed by atoms with van der Waals surface area (Å²) >= 11 is 2.91. The number of ether oxygens (including phenoxy) is 1. The zero-order valence-corrected chi connectivity index (χ0v) is 19.0. The number of hydrogen-bond acceptors (Lipinski definition) is 7. The Hall–Kier alpha value is -1.78. The third-order valence-electron chi connectivity index (χ3n) is 5.58. The third kappa shape index (κ3) is 5.07. The van der Waals surface area contributed by atoms with Crippen LogP contribution in [0.15, 0.2) is 59.5 Å². The topological polar surface area (TPSA) is 90.2 Å². The summed E-state index contributed by atoms with van der Waals surface area (Å²) in [6, 6.07) is 16.5. The molecular formula is C24H25FO5S2. The molecule has 2 heterocycles. The summed E-state index contributed by atoms with van der Waals surface area (Å²) < 4.78 is 18.8. The number of aliphatic hydroxyl groups is 4. The van der Waals surface area contributed by atoms with E-state index in [-0.39, 0.29) is 5.82 Å². The first kappa shape index (κ1) is 23.4. The summed E-state index contributed by atoms with van der Waals surface area (Å²) in [6.07, 6.45) is -4.24. The molecule has 4 N–H and O–H groups in total. The van der Waals surface area contributed by atoms with Crippen molar-refractivity contribution in [3.8, 4) is 10.4 Å². The van der Waals surface area contributed by atoms with Gasteiger partial charge in [0.2, 0.25) is 0 Å². The molecule has 5 atom stereocenters. The summed E-state index contributed by atoms with van der Waals surface area (Å²) in [7, 11) is 0. The van der Waals surface area contributed by atoms with Crippen LogP contribution in [0.25, 0.3) is 10.4 Å². The monoisotopic (exact) mass is 476 g/mol. The summed E-state index contributed by atoms with van der Waals surface area (Å²) in [5.74, 6) is -0.255. The van der Waals surface area contributed by atoms with Crippen molar-refractivity contribution in [2.45, 2.75) is 48.1 Å². The molecule has 2 aromatic carbocycles. The molecule has 0 unspecified atom stereocenters. The van der Waals surface area contributed by atoms with Gasteiger partial charge in [-0.25, -0.2) is 4.39 Å². The van der Waals surface area contributed by atoms with Crippen LogP contribution in [0.4, 0.5) is 4.39 Å². The highest BCUT2D eigenvalue weighted by molar-refractivity contribution is 7.99. The minimum Gasteiger partial charge on any atom is -0.394 e. The van der Waals surface area contributed by atoms with Crippen molar-refractivity contribution in [2.75, 3.05) is 6.61 Å². The van der Waals surface area contributed by atoms with Gasteiger partial charge in [-0.1, -0.05) is 30.0 Å². The summed E-state index contributed by atoms with van der Waals surface area (Å²) in [5, 5.41) is 39.7. The molecule has 1 aliphatic rings. The van der Waals surface area contributed by atoms with Crippen LogP contribution >= 0.6 is 23.1 Å². The molecule has 0 bridgehead atoms. The van der Waals surface area contributed by atoms with Crippen molar-refractivity contribution >= 4 is 23.1 Å². The van der Waals surface area contributed by atoms with Gasteiger partial charge in [0.15, 0.2) is 0 Å². The van der Waals surface area contributed by atoms with Crippen LogP contribution in [0.1, 0.15) is 16.0 Å². The highest BCUT2D eigenvalue weighted by Gasteiger charge is 2.43. The molecule has 1 aromatic heterocycles. The third-order valence-corrected chi connectivity index (χ3v) is 7.86. The summed E-state index contributed by atoms with van der Waals surface area (Å²) in [5.41, 5.74) is 2.41. The first-order chi connectivity index (χ1) is 15.4. The second-order valence-electron chi connectivity index (χ2n) is 7.85. The molecule has 1 saturated heterocycles. The van der Waals surface area contributed by atoms with Gasteiger partial charge in [0.05, 0.1) is 6.61 Å². The predicted molar refractivity (Wildman–Crippen MR) is 123 cm³/mol. The van der Waals surface area contributed by atoms with Crippen LogP contribution in [0.5, 0.6) is 0 Å². The van der Waals surface area contributed by atoms with E-state index in [1.54, 1.807) is 23.5 Å². The molecule has 0 saturated carbocycles. The van der Waals surface area contributed by atoms with Crippen molar-refractivity contribution < 1.29 is 29.6 Å². The van der Waals surface area contributed by atoms with Crippen molar-refractivity contribution in [1.82, 2.24) is 0 Å². The Balaban J connectivity index is 1.49. The van der Waals surface area contributed by atoms with Crippen molar-refractivity contribution in [3.05, 3.63) is 76.4 Å². The fraction of sp³-hybridized carbons (Fsp3) is 0.333. The quantitative estimate of drug-likeness (QED) is 0.436. The molecule has 170 valence electrons. The van der Waals surface area contributed by atoms with E-state index in [0.29, 0.717) is 0 Å². The Kier molecular flexibility index (Phi) is 7.31. The number of halogens is 1. The number of aliphatic hydroxyl groups excluding tert-OH is 4. The van der Waals surface area contributed by atoms with Crippen LogP contribution in [0.2, 0.25) is 0 Å². The van der Waals surface area contributed by atoms with Crippen LogP contribution in [-0.2, 0) is 11.2 Å². The molecule has 0 spiro atoms. The number of benzene rings is 2. The maximum absolute atomic E-state index is 13.2. The summed E-state index contributed by atoms with van der Waals surface area (Å²) in [6.45, 7) is 1.59. The highest BCUT2D eigenvalue weighted by Crippen LogP contribution is 2.35. The average molecular weight is 477 g/mol. The Labute approximate surface area is 194 Å². The van der Waals surface area contributed by atoms with Crippen LogP contribution < -0.4 is 0 Å². The molecule has 0 aliphatic carbocycles. The fourth-order valence-corrected chi connectivity index (χ4v) is 5.80. The molecule has 4 rings (SSSR count). The van der Waals surface area contributed by atoms with Gasteiger partial charge in [-0.15, -0.1) is 11.3 Å². The van der Waals surface area contributed by atoms with E-state index < -0.39 is 36.5 Å². The minimum atomic E-state index is -1.39. The van der Waals surface area contributed by atoms with Gasteiger partial charge < -0.3 is 25.2 Å². The molecule has 1 fully saturated rings. The zero-order valence-electron chi connectivity index (χ0n) is 17.4. The summed E-state index contributed by atoms with van der Waals surface area (Å²) in [4.78, 5) is 3.09.